The fourth-order valence-corrected chi connectivity index (χ4v) is 6.11. The highest BCUT2D eigenvalue weighted by Crippen LogP contribution is 2.44. The summed E-state index contributed by atoms with van der Waals surface area (Å²) in [6.45, 7) is 1.87. The second-order valence-corrected chi connectivity index (χ2v) is 11.0. The SMILES string of the molecule is Cc1ccc(S(=O)(=O)n2ccc3c(-c4cccc5c4OC(c4ccccc4)C(=O)N5)cn(C)c(=O)c32)cc1. The summed E-state index contributed by atoms with van der Waals surface area (Å²) in [6.07, 6.45) is 2.19. The maximum atomic E-state index is 13.5. The van der Waals surface area contributed by atoms with Gasteiger partial charge in [0, 0.05) is 41.5 Å². The first-order valence-corrected chi connectivity index (χ1v) is 13.4. The first-order chi connectivity index (χ1) is 18.3. The number of hydrogen-bond acceptors (Lipinski definition) is 5. The highest BCUT2D eigenvalue weighted by Gasteiger charge is 2.32. The highest BCUT2D eigenvalue weighted by molar-refractivity contribution is 7.90. The summed E-state index contributed by atoms with van der Waals surface area (Å²) < 4.78 is 35.7. The lowest BCUT2D eigenvalue weighted by molar-refractivity contribution is -0.123. The minimum atomic E-state index is -4.03. The summed E-state index contributed by atoms with van der Waals surface area (Å²) in [5.41, 5.74) is 2.91. The van der Waals surface area contributed by atoms with E-state index < -0.39 is 21.7 Å². The second kappa shape index (κ2) is 8.74. The average Bonchev–Trinajstić information content (AvgIpc) is 3.37. The Hall–Kier alpha value is -4.63. The van der Waals surface area contributed by atoms with Crippen molar-refractivity contribution in [2.45, 2.75) is 17.9 Å². The number of aromatic nitrogens is 2. The van der Waals surface area contributed by atoms with Crippen molar-refractivity contribution in [3.63, 3.8) is 0 Å². The summed E-state index contributed by atoms with van der Waals surface area (Å²) in [5.74, 6) is 0.150. The van der Waals surface area contributed by atoms with Gasteiger partial charge in [-0.1, -0.05) is 60.2 Å². The smallest absolute Gasteiger partial charge is 0.275 e. The Labute approximate surface area is 218 Å². The number of ether oxygens (including phenoxy) is 1. The van der Waals surface area contributed by atoms with E-state index in [0.29, 0.717) is 33.5 Å². The molecule has 9 heteroatoms. The van der Waals surface area contributed by atoms with E-state index in [4.69, 9.17) is 4.74 Å². The lowest BCUT2D eigenvalue weighted by atomic mass is 10.00. The van der Waals surface area contributed by atoms with Crippen molar-refractivity contribution in [2.24, 2.45) is 7.05 Å². The molecule has 3 heterocycles. The maximum Gasteiger partial charge on any atom is 0.275 e. The van der Waals surface area contributed by atoms with Crippen LogP contribution in [0.2, 0.25) is 0 Å². The van der Waals surface area contributed by atoms with Gasteiger partial charge in [0.2, 0.25) is 6.10 Å². The number of nitrogens with one attached hydrogen (secondary N) is 1. The van der Waals surface area contributed by atoms with E-state index in [9.17, 15) is 18.0 Å². The van der Waals surface area contributed by atoms with Crippen LogP contribution < -0.4 is 15.6 Å². The summed E-state index contributed by atoms with van der Waals surface area (Å²) in [5, 5.41) is 3.37. The molecule has 0 fully saturated rings. The lowest BCUT2D eigenvalue weighted by Gasteiger charge is -2.28. The molecule has 0 saturated carbocycles. The number of rotatable bonds is 4. The minimum Gasteiger partial charge on any atom is -0.473 e. The second-order valence-electron chi connectivity index (χ2n) is 9.23. The van der Waals surface area contributed by atoms with Crippen LogP contribution in [-0.2, 0) is 21.9 Å². The van der Waals surface area contributed by atoms with Crippen LogP contribution >= 0.6 is 0 Å². The molecular weight excluding hydrogens is 502 g/mol. The zero-order valence-corrected chi connectivity index (χ0v) is 21.4. The van der Waals surface area contributed by atoms with Crippen molar-refractivity contribution < 1.29 is 17.9 Å². The number of amides is 1. The summed E-state index contributed by atoms with van der Waals surface area (Å²) in [4.78, 5) is 26.2. The standard InChI is InChI=1S/C29H23N3O5S/c1-18-11-13-20(14-12-18)38(35,36)32-16-15-21-23(17-31(2)29(34)25(21)32)22-9-6-10-24-27(22)37-26(28(33)30-24)19-7-4-3-5-8-19/h3-17,26H,1-2H3,(H,30,33). The first kappa shape index (κ1) is 23.7. The molecule has 8 nitrogen and oxygen atoms in total. The Morgan fingerprint density at radius 2 is 1.61 bits per heavy atom. The molecule has 3 aromatic carbocycles. The molecular formula is C29H23N3O5S. The van der Waals surface area contributed by atoms with Crippen molar-refractivity contribution in [1.29, 1.82) is 0 Å². The van der Waals surface area contributed by atoms with Crippen molar-refractivity contribution in [2.75, 3.05) is 5.32 Å². The van der Waals surface area contributed by atoms with E-state index >= 15 is 0 Å². The number of benzene rings is 3. The number of carbonyl (C=O) groups excluding carboxylic acids is 1. The van der Waals surface area contributed by atoms with Gasteiger partial charge in [-0.3, -0.25) is 9.59 Å². The van der Waals surface area contributed by atoms with Gasteiger partial charge in [0.25, 0.3) is 21.5 Å². The Kier molecular flexibility index (Phi) is 5.46. The average molecular weight is 526 g/mol. The molecule has 190 valence electrons. The van der Waals surface area contributed by atoms with Crippen LogP contribution in [0.1, 0.15) is 17.2 Å². The largest absolute Gasteiger partial charge is 0.473 e. The van der Waals surface area contributed by atoms with Crippen LogP contribution in [0.4, 0.5) is 5.69 Å². The molecule has 5 aromatic rings. The number of pyridine rings is 1. The first-order valence-electron chi connectivity index (χ1n) is 11.9. The predicted molar refractivity (Wildman–Crippen MR) is 145 cm³/mol. The molecule has 1 aliphatic rings. The maximum absolute atomic E-state index is 13.5. The minimum absolute atomic E-state index is 0.0302. The zero-order valence-electron chi connectivity index (χ0n) is 20.6. The number of carbonyl (C=O) groups is 1. The van der Waals surface area contributed by atoms with Crippen molar-refractivity contribution in [3.05, 3.63) is 113 Å². The van der Waals surface area contributed by atoms with Gasteiger partial charge in [-0.2, -0.15) is 0 Å². The van der Waals surface area contributed by atoms with Crippen LogP contribution in [0, 0.1) is 6.92 Å². The van der Waals surface area contributed by atoms with E-state index in [1.165, 1.54) is 22.9 Å². The monoisotopic (exact) mass is 525 g/mol. The Bertz CT molecular complexity index is 1890. The van der Waals surface area contributed by atoms with Gasteiger partial charge in [-0.05, 0) is 31.2 Å². The van der Waals surface area contributed by atoms with E-state index in [0.717, 1.165) is 9.54 Å². The van der Waals surface area contributed by atoms with Crippen LogP contribution in [-0.4, -0.2) is 22.9 Å². The number of fused-ring (bicyclic) bond motifs is 2. The van der Waals surface area contributed by atoms with Gasteiger partial charge in [0.1, 0.15) is 5.52 Å². The third kappa shape index (κ3) is 3.71. The van der Waals surface area contributed by atoms with E-state index in [1.807, 2.05) is 43.3 Å². The van der Waals surface area contributed by atoms with Gasteiger partial charge in [-0.25, -0.2) is 12.4 Å². The Balaban J connectivity index is 1.55. The molecule has 0 radical (unpaired) electrons. The molecule has 1 atom stereocenters. The molecule has 2 aromatic heterocycles. The van der Waals surface area contributed by atoms with E-state index in [2.05, 4.69) is 5.32 Å². The third-order valence-corrected chi connectivity index (χ3v) is 8.40. The zero-order chi connectivity index (χ0) is 26.6. The molecule has 1 amide bonds. The number of para-hydroxylation sites is 1. The molecule has 6 rings (SSSR count). The number of nitrogens with zero attached hydrogens (tertiary/aromatic N) is 2. The van der Waals surface area contributed by atoms with Crippen molar-refractivity contribution in [3.8, 4) is 16.9 Å². The molecule has 1 N–H and O–H groups in total. The van der Waals surface area contributed by atoms with Gasteiger partial charge in [0.05, 0.1) is 10.6 Å². The van der Waals surface area contributed by atoms with Crippen LogP contribution in [0.15, 0.2) is 101 Å². The number of hydrogen-bond donors (Lipinski definition) is 1. The Morgan fingerprint density at radius 1 is 0.868 bits per heavy atom. The topological polar surface area (TPSA) is 99.4 Å². The number of anilines is 1. The van der Waals surface area contributed by atoms with Gasteiger partial charge >= 0.3 is 0 Å². The number of aryl methyl sites for hydroxylation is 2. The summed E-state index contributed by atoms with van der Waals surface area (Å²) in [7, 11) is -2.46. The van der Waals surface area contributed by atoms with Gasteiger partial charge in [0.15, 0.2) is 5.75 Å². The Morgan fingerprint density at radius 3 is 2.34 bits per heavy atom. The summed E-state index contributed by atoms with van der Waals surface area (Å²) >= 11 is 0. The van der Waals surface area contributed by atoms with Gasteiger partial charge in [-0.15, -0.1) is 0 Å². The van der Waals surface area contributed by atoms with Gasteiger partial charge < -0.3 is 14.6 Å². The molecule has 0 bridgehead atoms. The van der Waals surface area contributed by atoms with E-state index in [-0.39, 0.29) is 16.3 Å². The van der Waals surface area contributed by atoms with Crippen LogP contribution in [0.25, 0.3) is 22.0 Å². The summed E-state index contributed by atoms with van der Waals surface area (Å²) in [6, 6.07) is 22.6. The quantitative estimate of drug-likeness (QED) is 0.369. The fraction of sp³-hybridized carbons (Fsp3) is 0.103. The van der Waals surface area contributed by atoms with Crippen LogP contribution in [0.3, 0.4) is 0 Å². The van der Waals surface area contributed by atoms with Crippen molar-refractivity contribution in [1.82, 2.24) is 8.54 Å². The molecule has 0 spiro atoms. The fourth-order valence-electron chi connectivity index (χ4n) is 4.76. The predicted octanol–water partition coefficient (Wildman–Crippen LogP) is 4.62. The lowest BCUT2D eigenvalue weighted by Crippen LogP contribution is -2.30. The molecule has 1 unspecified atom stereocenters. The molecule has 38 heavy (non-hydrogen) atoms. The normalized spacial score (nSPS) is 15.1. The molecule has 0 aliphatic carbocycles. The molecule has 1 aliphatic heterocycles. The third-order valence-electron chi connectivity index (χ3n) is 6.70. The van der Waals surface area contributed by atoms with Crippen LogP contribution in [0.5, 0.6) is 5.75 Å². The molecule has 0 saturated heterocycles. The van der Waals surface area contributed by atoms with E-state index in [1.54, 1.807) is 43.6 Å². The highest BCUT2D eigenvalue weighted by atomic mass is 32.2. The van der Waals surface area contributed by atoms with Crippen molar-refractivity contribution >= 4 is 32.5 Å².